The molecule has 36 heavy (non-hydrogen) atoms. The zero-order chi connectivity index (χ0) is 26.8. The summed E-state index contributed by atoms with van der Waals surface area (Å²) in [5, 5.41) is 35.9. The number of amides is 3. The Morgan fingerprint density at radius 1 is 0.944 bits per heavy atom. The summed E-state index contributed by atoms with van der Waals surface area (Å²) in [5.41, 5.74) is 6.95. The molecule has 0 bridgehead atoms. The molecule has 196 valence electrons. The maximum atomic E-state index is 13.1. The molecule has 1 heterocycles. The van der Waals surface area contributed by atoms with Gasteiger partial charge in [-0.15, -0.1) is 0 Å². The third-order valence-electron chi connectivity index (χ3n) is 5.44. The maximum Gasteiger partial charge on any atom is 0.326 e. The van der Waals surface area contributed by atoms with Gasteiger partial charge in [0.25, 0.3) is 0 Å². The highest BCUT2D eigenvalue weighted by Crippen LogP contribution is 2.12. The molecule has 13 heteroatoms. The molecule has 0 saturated carbocycles. The Morgan fingerprint density at radius 3 is 2.06 bits per heavy atom. The summed E-state index contributed by atoms with van der Waals surface area (Å²) >= 11 is 0. The Bertz CT molecular complexity index is 1030. The lowest BCUT2D eigenvalue weighted by Crippen LogP contribution is -2.59. The van der Waals surface area contributed by atoms with Gasteiger partial charge in [0, 0.05) is 24.7 Å². The van der Waals surface area contributed by atoms with Crippen molar-refractivity contribution < 1.29 is 34.5 Å². The Balaban J connectivity index is 2.14. The van der Waals surface area contributed by atoms with E-state index >= 15 is 0 Å². The molecule has 1 aromatic carbocycles. The van der Waals surface area contributed by atoms with E-state index in [1.165, 1.54) is 24.7 Å². The van der Waals surface area contributed by atoms with Gasteiger partial charge in [-0.1, -0.05) is 26.0 Å². The Hall–Kier alpha value is -3.97. The SMILES string of the molecule is CC(C)C(N)C(=O)NC(Cc1ccc(O)cc1)C(=O)NC(CO)C(=O)NC(Cc1cnc[nH]1)C(=O)O. The van der Waals surface area contributed by atoms with Gasteiger partial charge in [0.2, 0.25) is 17.7 Å². The van der Waals surface area contributed by atoms with Crippen molar-refractivity contribution in [3.63, 3.8) is 0 Å². The molecule has 2 aromatic rings. The van der Waals surface area contributed by atoms with Crippen molar-refractivity contribution in [3.05, 3.63) is 48.0 Å². The zero-order valence-electron chi connectivity index (χ0n) is 20.0. The van der Waals surface area contributed by atoms with Crippen LogP contribution in [-0.4, -0.2) is 79.8 Å². The van der Waals surface area contributed by atoms with E-state index in [-0.39, 0.29) is 24.5 Å². The van der Waals surface area contributed by atoms with Crippen LogP contribution in [-0.2, 0) is 32.0 Å². The fraction of sp³-hybridized carbons (Fsp3) is 0.435. The number of aromatic hydroxyl groups is 1. The Morgan fingerprint density at radius 2 is 1.53 bits per heavy atom. The van der Waals surface area contributed by atoms with Crippen LogP contribution in [0.2, 0.25) is 0 Å². The Kier molecular flexibility index (Phi) is 10.4. The first-order valence-electron chi connectivity index (χ1n) is 11.3. The van der Waals surface area contributed by atoms with Crippen molar-refractivity contribution in [1.82, 2.24) is 25.9 Å². The van der Waals surface area contributed by atoms with E-state index in [9.17, 15) is 34.5 Å². The predicted octanol–water partition coefficient (Wildman–Crippen LogP) is -1.58. The summed E-state index contributed by atoms with van der Waals surface area (Å²) in [4.78, 5) is 56.4. The number of aliphatic carboxylic acids is 1. The molecule has 0 radical (unpaired) electrons. The summed E-state index contributed by atoms with van der Waals surface area (Å²) in [6.45, 7) is 2.67. The molecular weight excluding hydrogens is 472 g/mol. The summed E-state index contributed by atoms with van der Waals surface area (Å²) in [6.07, 6.45) is 2.67. The molecule has 4 unspecified atom stereocenters. The molecule has 1 aromatic heterocycles. The van der Waals surface area contributed by atoms with Gasteiger partial charge in [0.1, 0.15) is 23.9 Å². The number of aromatic nitrogens is 2. The highest BCUT2D eigenvalue weighted by Gasteiger charge is 2.31. The topological polar surface area (TPSA) is 220 Å². The Labute approximate surface area is 207 Å². The monoisotopic (exact) mass is 504 g/mol. The van der Waals surface area contributed by atoms with Crippen molar-refractivity contribution >= 4 is 23.7 Å². The average molecular weight is 505 g/mol. The number of hydrogen-bond acceptors (Lipinski definition) is 8. The number of benzene rings is 1. The van der Waals surface area contributed by atoms with Crippen LogP contribution in [0.5, 0.6) is 5.75 Å². The molecule has 0 fully saturated rings. The number of nitrogens with one attached hydrogen (secondary N) is 4. The third-order valence-corrected chi connectivity index (χ3v) is 5.44. The summed E-state index contributed by atoms with van der Waals surface area (Å²) in [5.74, 6) is -3.80. The van der Waals surface area contributed by atoms with Gasteiger partial charge in [0.05, 0.1) is 19.0 Å². The molecule has 0 saturated heterocycles. The highest BCUT2D eigenvalue weighted by molar-refractivity contribution is 5.94. The lowest BCUT2D eigenvalue weighted by atomic mass is 10.0. The number of phenolic OH excluding ortho intramolecular Hbond substituents is 1. The van der Waals surface area contributed by atoms with E-state index in [2.05, 4.69) is 25.9 Å². The minimum Gasteiger partial charge on any atom is -0.508 e. The molecule has 4 atom stereocenters. The molecule has 9 N–H and O–H groups in total. The fourth-order valence-corrected chi connectivity index (χ4v) is 3.20. The van der Waals surface area contributed by atoms with Crippen molar-refractivity contribution in [2.45, 2.75) is 50.9 Å². The van der Waals surface area contributed by atoms with Crippen LogP contribution in [0.25, 0.3) is 0 Å². The van der Waals surface area contributed by atoms with Crippen LogP contribution >= 0.6 is 0 Å². The number of nitrogens with zero attached hydrogens (tertiary/aromatic N) is 1. The number of carbonyl (C=O) groups is 4. The van der Waals surface area contributed by atoms with Crippen LogP contribution in [0.1, 0.15) is 25.1 Å². The van der Waals surface area contributed by atoms with Crippen LogP contribution in [0.4, 0.5) is 0 Å². The first kappa shape index (κ1) is 28.3. The largest absolute Gasteiger partial charge is 0.508 e. The van der Waals surface area contributed by atoms with E-state index in [0.29, 0.717) is 11.3 Å². The number of aliphatic hydroxyl groups excluding tert-OH is 1. The summed E-state index contributed by atoms with van der Waals surface area (Å²) < 4.78 is 0. The number of carboxylic acids is 1. The van der Waals surface area contributed by atoms with Gasteiger partial charge in [-0.05, 0) is 23.6 Å². The number of rotatable bonds is 13. The van der Waals surface area contributed by atoms with Gasteiger partial charge in [0.15, 0.2) is 0 Å². The van der Waals surface area contributed by atoms with Crippen molar-refractivity contribution in [3.8, 4) is 5.75 Å². The number of carbonyl (C=O) groups excluding carboxylic acids is 3. The normalized spacial score (nSPS) is 14.4. The first-order chi connectivity index (χ1) is 17.0. The van der Waals surface area contributed by atoms with Crippen molar-refractivity contribution in [2.75, 3.05) is 6.61 Å². The van der Waals surface area contributed by atoms with E-state index < -0.39 is 54.5 Å². The minimum atomic E-state index is -1.49. The number of imidazole rings is 1. The molecule has 2 rings (SSSR count). The van der Waals surface area contributed by atoms with Gasteiger partial charge >= 0.3 is 5.97 Å². The molecular formula is C23H32N6O7. The lowest BCUT2D eigenvalue weighted by Gasteiger charge is -2.25. The van der Waals surface area contributed by atoms with Crippen LogP contribution < -0.4 is 21.7 Å². The molecule has 3 amide bonds. The maximum absolute atomic E-state index is 13.1. The number of H-pyrrole nitrogens is 1. The second-order valence-corrected chi connectivity index (χ2v) is 8.63. The van der Waals surface area contributed by atoms with E-state index in [4.69, 9.17) is 5.73 Å². The van der Waals surface area contributed by atoms with Gasteiger partial charge in [-0.3, -0.25) is 14.4 Å². The number of carboxylic acid groups (broad SMARTS) is 1. The molecule has 0 aliphatic heterocycles. The first-order valence-corrected chi connectivity index (χ1v) is 11.3. The number of nitrogens with two attached hydrogens (primary N) is 1. The van der Waals surface area contributed by atoms with Gasteiger partial charge in [-0.2, -0.15) is 0 Å². The van der Waals surface area contributed by atoms with Crippen molar-refractivity contribution in [2.24, 2.45) is 11.7 Å². The van der Waals surface area contributed by atoms with Crippen LogP contribution in [0.3, 0.4) is 0 Å². The number of hydrogen-bond donors (Lipinski definition) is 8. The van der Waals surface area contributed by atoms with Crippen LogP contribution in [0, 0.1) is 5.92 Å². The zero-order valence-corrected chi connectivity index (χ0v) is 20.0. The number of phenols is 1. The third kappa shape index (κ3) is 8.36. The molecule has 0 spiro atoms. The standard InChI is InChI=1S/C23H32N6O7/c1-12(2)19(24)22(34)27-16(7-13-3-5-15(31)6-4-13)20(32)29-18(10-30)21(33)28-17(23(35)36)8-14-9-25-11-26-14/h3-6,9,11-12,16-19,30-31H,7-8,10,24H2,1-2H3,(H,25,26)(H,27,34)(H,28,33)(H,29,32)(H,35,36). The highest BCUT2D eigenvalue weighted by atomic mass is 16.4. The minimum absolute atomic E-state index is 0.0000112. The molecule has 0 aliphatic rings. The summed E-state index contributed by atoms with van der Waals surface area (Å²) in [7, 11) is 0. The van der Waals surface area contributed by atoms with E-state index in [1.807, 2.05) is 0 Å². The predicted molar refractivity (Wildman–Crippen MR) is 127 cm³/mol. The molecule has 13 nitrogen and oxygen atoms in total. The fourth-order valence-electron chi connectivity index (χ4n) is 3.20. The quantitative estimate of drug-likeness (QED) is 0.157. The lowest BCUT2D eigenvalue weighted by molar-refractivity contribution is -0.142. The smallest absolute Gasteiger partial charge is 0.326 e. The average Bonchev–Trinajstić information content (AvgIpc) is 3.35. The van der Waals surface area contributed by atoms with Gasteiger partial charge < -0.3 is 42.0 Å². The summed E-state index contributed by atoms with van der Waals surface area (Å²) in [6, 6.07) is 1.06. The molecule has 0 aliphatic carbocycles. The second-order valence-electron chi connectivity index (χ2n) is 8.63. The number of aliphatic hydroxyl groups is 1. The van der Waals surface area contributed by atoms with E-state index in [0.717, 1.165) is 0 Å². The second kappa shape index (κ2) is 13.2. The van der Waals surface area contributed by atoms with Gasteiger partial charge in [-0.25, -0.2) is 9.78 Å². The van der Waals surface area contributed by atoms with Crippen molar-refractivity contribution in [1.29, 1.82) is 0 Å². The van der Waals surface area contributed by atoms with E-state index in [1.54, 1.807) is 26.0 Å². The van der Waals surface area contributed by atoms with Crippen LogP contribution in [0.15, 0.2) is 36.8 Å². The number of aromatic amines is 1.